The molecule has 1 unspecified atom stereocenters. The van der Waals surface area contributed by atoms with Crippen molar-refractivity contribution in [3.63, 3.8) is 0 Å². The lowest BCUT2D eigenvalue weighted by Crippen LogP contribution is -2.41. The van der Waals surface area contributed by atoms with E-state index in [-0.39, 0.29) is 0 Å². The number of rotatable bonds is 2. The molecule has 0 saturated heterocycles. The van der Waals surface area contributed by atoms with Gasteiger partial charge in [-0.15, -0.1) is 0 Å². The first kappa shape index (κ1) is 18.2. The van der Waals surface area contributed by atoms with E-state index in [9.17, 15) is 0 Å². The molecule has 0 amide bonds. The van der Waals surface area contributed by atoms with Gasteiger partial charge in [0.25, 0.3) is 0 Å². The molecule has 0 saturated carbocycles. The summed E-state index contributed by atoms with van der Waals surface area (Å²) in [7, 11) is 0. The minimum Gasteiger partial charge on any atom is -0.342 e. The summed E-state index contributed by atoms with van der Waals surface area (Å²) in [6, 6.07) is 14.9. The topological polar surface area (TPSA) is 31.9 Å². The van der Waals surface area contributed by atoms with Crippen molar-refractivity contribution in [3.05, 3.63) is 75.0 Å². The van der Waals surface area contributed by atoms with Gasteiger partial charge in [0.05, 0.1) is 5.69 Å². The molecule has 2 heterocycles. The Labute approximate surface area is 175 Å². The third-order valence-electron chi connectivity index (χ3n) is 6.13. The van der Waals surface area contributed by atoms with Gasteiger partial charge in [0, 0.05) is 53.3 Å². The molecule has 144 valence electrons. The molecule has 5 heteroatoms. The van der Waals surface area contributed by atoms with Crippen molar-refractivity contribution in [1.29, 1.82) is 0 Å². The third kappa shape index (κ3) is 3.59. The van der Waals surface area contributed by atoms with Crippen LogP contribution < -0.4 is 0 Å². The van der Waals surface area contributed by atoms with Gasteiger partial charge in [0.2, 0.25) is 0 Å². The van der Waals surface area contributed by atoms with Crippen LogP contribution in [0.4, 0.5) is 0 Å². The SMILES string of the molecule is Clc1cccc(-c2nc3c([nH]2)CCN(C2CCc4ccc(Cl)cc4C2)CC3)c1. The van der Waals surface area contributed by atoms with Crippen LogP contribution in [-0.4, -0.2) is 34.0 Å². The Hall–Kier alpha value is -1.81. The minimum absolute atomic E-state index is 0.599. The second-order valence-electron chi connectivity index (χ2n) is 7.87. The molecule has 1 aliphatic carbocycles. The van der Waals surface area contributed by atoms with Crippen LogP contribution in [0, 0.1) is 0 Å². The van der Waals surface area contributed by atoms with Crippen molar-refractivity contribution >= 4 is 23.2 Å². The predicted octanol–water partition coefficient (Wildman–Crippen LogP) is 5.34. The van der Waals surface area contributed by atoms with E-state index in [1.165, 1.54) is 28.9 Å². The first-order chi connectivity index (χ1) is 13.7. The minimum atomic E-state index is 0.599. The fourth-order valence-electron chi connectivity index (χ4n) is 4.63. The Morgan fingerprint density at radius 1 is 0.929 bits per heavy atom. The number of aromatic nitrogens is 2. The van der Waals surface area contributed by atoms with E-state index in [0.29, 0.717) is 6.04 Å². The molecule has 0 radical (unpaired) electrons. The molecular formula is C23H23Cl2N3. The molecule has 3 aromatic rings. The Morgan fingerprint density at radius 3 is 2.68 bits per heavy atom. The fourth-order valence-corrected chi connectivity index (χ4v) is 5.02. The first-order valence-corrected chi connectivity index (χ1v) is 10.8. The lowest BCUT2D eigenvalue weighted by molar-refractivity contribution is 0.187. The number of fused-ring (bicyclic) bond motifs is 2. The standard InChI is InChI=1S/C23H23Cl2N3/c24-18-3-1-2-16(12-18)23-26-21-8-10-28(11-9-22(21)27-23)20-7-5-15-4-6-19(25)13-17(15)14-20/h1-4,6,12-13,20H,5,7-11,14H2,(H,26,27). The summed E-state index contributed by atoms with van der Waals surface area (Å²) in [4.78, 5) is 11.1. The summed E-state index contributed by atoms with van der Waals surface area (Å²) in [5.41, 5.74) is 6.42. The summed E-state index contributed by atoms with van der Waals surface area (Å²) in [6.45, 7) is 2.14. The number of imidazole rings is 1. The van der Waals surface area contributed by atoms with Gasteiger partial charge in [-0.05, 0) is 54.7 Å². The van der Waals surface area contributed by atoms with Crippen molar-refractivity contribution in [2.24, 2.45) is 0 Å². The molecule has 0 fully saturated rings. The van der Waals surface area contributed by atoms with Gasteiger partial charge in [0.1, 0.15) is 5.82 Å². The summed E-state index contributed by atoms with van der Waals surface area (Å²) < 4.78 is 0. The zero-order chi connectivity index (χ0) is 19.1. The monoisotopic (exact) mass is 411 g/mol. The third-order valence-corrected chi connectivity index (χ3v) is 6.60. The molecule has 1 atom stereocenters. The van der Waals surface area contributed by atoms with Gasteiger partial charge in [-0.2, -0.15) is 0 Å². The van der Waals surface area contributed by atoms with Crippen molar-refractivity contribution in [2.45, 2.75) is 38.1 Å². The van der Waals surface area contributed by atoms with Gasteiger partial charge in [-0.1, -0.05) is 41.4 Å². The lowest BCUT2D eigenvalue weighted by atomic mass is 9.87. The largest absolute Gasteiger partial charge is 0.342 e. The highest BCUT2D eigenvalue weighted by atomic mass is 35.5. The van der Waals surface area contributed by atoms with Crippen LogP contribution in [-0.2, 0) is 25.7 Å². The maximum Gasteiger partial charge on any atom is 0.137 e. The number of aryl methyl sites for hydroxylation is 1. The van der Waals surface area contributed by atoms with E-state index < -0.39 is 0 Å². The van der Waals surface area contributed by atoms with Gasteiger partial charge in [-0.25, -0.2) is 4.98 Å². The second-order valence-corrected chi connectivity index (χ2v) is 8.74. The van der Waals surface area contributed by atoms with E-state index in [0.717, 1.165) is 60.2 Å². The number of nitrogens with zero attached hydrogens (tertiary/aromatic N) is 2. The van der Waals surface area contributed by atoms with Crippen LogP contribution in [0.1, 0.15) is 28.9 Å². The van der Waals surface area contributed by atoms with Crippen LogP contribution in [0.15, 0.2) is 42.5 Å². The smallest absolute Gasteiger partial charge is 0.137 e. The summed E-state index contributed by atoms with van der Waals surface area (Å²) >= 11 is 12.4. The lowest BCUT2D eigenvalue weighted by Gasteiger charge is -2.34. The van der Waals surface area contributed by atoms with Crippen molar-refractivity contribution in [2.75, 3.05) is 13.1 Å². The van der Waals surface area contributed by atoms with Crippen LogP contribution in [0.3, 0.4) is 0 Å². The first-order valence-electron chi connectivity index (χ1n) is 10.0. The number of H-pyrrole nitrogens is 1. The molecule has 2 aromatic carbocycles. The fraction of sp³-hybridized carbons (Fsp3) is 0.348. The van der Waals surface area contributed by atoms with Crippen LogP contribution in [0.2, 0.25) is 10.0 Å². The van der Waals surface area contributed by atoms with Crippen molar-refractivity contribution < 1.29 is 0 Å². The molecule has 0 bridgehead atoms. The zero-order valence-electron chi connectivity index (χ0n) is 15.7. The number of hydrogen-bond acceptors (Lipinski definition) is 2. The Kier molecular flexibility index (Phi) is 4.92. The van der Waals surface area contributed by atoms with Crippen molar-refractivity contribution in [3.8, 4) is 11.4 Å². The predicted molar refractivity (Wildman–Crippen MR) is 115 cm³/mol. The molecule has 1 N–H and O–H groups in total. The molecule has 1 aromatic heterocycles. The number of hydrogen-bond donors (Lipinski definition) is 1. The average Bonchev–Trinajstić information content (AvgIpc) is 3.01. The van der Waals surface area contributed by atoms with Crippen molar-refractivity contribution in [1.82, 2.24) is 14.9 Å². The van der Waals surface area contributed by atoms with Crippen LogP contribution in [0.5, 0.6) is 0 Å². The Morgan fingerprint density at radius 2 is 1.79 bits per heavy atom. The number of benzene rings is 2. The van der Waals surface area contributed by atoms with Crippen LogP contribution >= 0.6 is 23.2 Å². The van der Waals surface area contributed by atoms with E-state index in [1.807, 2.05) is 24.3 Å². The zero-order valence-corrected chi connectivity index (χ0v) is 17.2. The summed E-state index contributed by atoms with van der Waals surface area (Å²) in [5.74, 6) is 0.933. The molecule has 0 spiro atoms. The molecule has 2 aliphatic rings. The Balaban J connectivity index is 1.30. The maximum atomic E-state index is 6.22. The highest BCUT2D eigenvalue weighted by Gasteiger charge is 2.27. The van der Waals surface area contributed by atoms with E-state index >= 15 is 0 Å². The molecule has 1 aliphatic heterocycles. The van der Waals surface area contributed by atoms with E-state index in [2.05, 4.69) is 28.1 Å². The quantitative estimate of drug-likeness (QED) is 0.616. The van der Waals surface area contributed by atoms with Gasteiger partial charge >= 0.3 is 0 Å². The summed E-state index contributed by atoms with van der Waals surface area (Å²) in [5, 5.41) is 1.59. The molecule has 3 nitrogen and oxygen atoms in total. The number of aromatic amines is 1. The normalized spacial score (nSPS) is 19.7. The van der Waals surface area contributed by atoms with E-state index in [1.54, 1.807) is 0 Å². The molecule has 28 heavy (non-hydrogen) atoms. The van der Waals surface area contributed by atoms with Gasteiger partial charge in [0.15, 0.2) is 0 Å². The average molecular weight is 412 g/mol. The molecule has 5 rings (SSSR count). The van der Waals surface area contributed by atoms with Gasteiger partial charge < -0.3 is 4.98 Å². The van der Waals surface area contributed by atoms with E-state index in [4.69, 9.17) is 28.2 Å². The second kappa shape index (κ2) is 7.55. The van der Waals surface area contributed by atoms with Crippen LogP contribution in [0.25, 0.3) is 11.4 Å². The highest BCUT2D eigenvalue weighted by molar-refractivity contribution is 6.31. The molecular weight excluding hydrogens is 389 g/mol. The van der Waals surface area contributed by atoms with Gasteiger partial charge in [-0.3, -0.25) is 4.90 Å². The number of halogens is 2. The maximum absolute atomic E-state index is 6.22. The highest BCUT2D eigenvalue weighted by Crippen LogP contribution is 2.29. The summed E-state index contributed by atoms with van der Waals surface area (Å²) in [6.07, 6.45) is 5.48. The number of nitrogens with one attached hydrogen (secondary N) is 1. The Bertz CT molecular complexity index is 985.